The third-order valence-electron chi connectivity index (χ3n) is 5.45. The molecule has 1 aromatic rings. The molecule has 0 spiro atoms. The zero-order chi connectivity index (χ0) is 19.6. The summed E-state index contributed by atoms with van der Waals surface area (Å²) in [6.45, 7) is 3.31. The zero-order valence-corrected chi connectivity index (χ0v) is 19.7. The number of aryl methyl sites for hydroxylation is 1. The number of aromatic nitrogens is 1. The molecule has 28 heavy (non-hydrogen) atoms. The molecule has 0 bridgehead atoms. The molecule has 0 aliphatic carbocycles. The standard InChI is InChI=1S/C24H42N2O.BrH/c1-2-3-4-5-6-7-8-9-10-11-12-13-14-15-16-17-20-26-21-18-23(19-22-26)24(25)27;/h18-19,21-22H,2-17,20H2,1H3,(H-,25,27);1H. The monoisotopic (exact) mass is 454 g/mol. The summed E-state index contributed by atoms with van der Waals surface area (Å²) >= 11 is 0. The maximum Gasteiger partial charge on any atom is 0.249 e. The van der Waals surface area contributed by atoms with Gasteiger partial charge in [-0.15, -0.1) is 0 Å². The molecule has 0 aromatic carbocycles. The van der Waals surface area contributed by atoms with Gasteiger partial charge in [-0.2, -0.15) is 0 Å². The van der Waals surface area contributed by atoms with E-state index in [-0.39, 0.29) is 22.9 Å². The van der Waals surface area contributed by atoms with E-state index in [1.165, 1.54) is 103 Å². The average Bonchev–Trinajstić information content (AvgIpc) is 2.68. The largest absolute Gasteiger partial charge is 1.00 e. The molecule has 0 unspecified atom stereocenters. The SMILES string of the molecule is CCCCCCCCCCCCCCCCCC[n+]1ccc(C(N)=O)cc1.[Br-]. The first kappa shape index (κ1) is 27.1. The minimum Gasteiger partial charge on any atom is -1.00 e. The Morgan fingerprint density at radius 2 is 1.07 bits per heavy atom. The number of halogens is 1. The highest BCUT2D eigenvalue weighted by molar-refractivity contribution is 5.92. The van der Waals surface area contributed by atoms with Crippen LogP contribution < -0.4 is 27.3 Å². The third kappa shape index (κ3) is 15.1. The lowest BCUT2D eigenvalue weighted by Crippen LogP contribution is -3.00. The van der Waals surface area contributed by atoms with E-state index < -0.39 is 0 Å². The molecular formula is C24H43BrN2O. The number of nitrogens with two attached hydrogens (primary N) is 1. The van der Waals surface area contributed by atoms with Crippen molar-refractivity contribution in [3.05, 3.63) is 30.1 Å². The van der Waals surface area contributed by atoms with Crippen LogP contribution in [0.4, 0.5) is 0 Å². The Morgan fingerprint density at radius 3 is 1.43 bits per heavy atom. The second-order valence-electron chi connectivity index (χ2n) is 7.99. The van der Waals surface area contributed by atoms with Gasteiger partial charge in [0, 0.05) is 18.6 Å². The van der Waals surface area contributed by atoms with Crippen molar-refractivity contribution in [3.63, 3.8) is 0 Å². The minimum absolute atomic E-state index is 0. The van der Waals surface area contributed by atoms with Crippen LogP contribution in [0.3, 0.4) is 0 Å². The van der Waals surface area contributed by atoms with Crippen LogP contribution in [0.2, 0.25) is 0 Å². The molecule has 0 aliphatic heterocycles. The smallest absolute Gasteiger partial charge is 0.249 e. The van der Waals surface area contributed by atoms with Crippen molar-refractivity contribution >= 4 is 5.91 Å². The van der Waals surface area contributed by atoms with Crippen molar-refractivity contribution in [2.24, 2.45) is 5.73 Å². The molecule has 0 saturated carbocycles. The molecule has 3 nitrogen and oxygen atoms in total. The number of primary amides is 1. The summed E-state index contributed by atoms with van der Waals surface area (Å²) in [4.78, 5) is 11.0. The number of carbonyl (C=O) groups is 1. The average molecular weight is 456 g/mol. The van der Waals surface area contributed by atoms with Crippen molar-refractivity contribution in [1.82, 2.24) is 0 Å². The Bertz CT molecular complexity index is 476. The van der Waals surface area contributed by atoms with Gasteiger partial charge in [0.2, 0.25) is 5.91 Å². The van der Waals surface area contributed by atoms with Crippen LogP contribution in [0.5, 0.6) is 0 Å². The molecule has 4 heteroatoms. The second-order valence-corrected chi connectivity index (χ2v) is 7.99. The fourth-order valence-corrected chi connectivity index (χ4v) is 3.61. The molecule has 1 heterocycles. The van der Waals surface area contributed by atoms with E-state index in [0.29, 0.717) is 5.56 Å². The van der Waals surface area contributed by atoms with Gasteiger partial charge in [0.05, 0.1) is 5.56 Å². The first-order valence-electron chi connectivity index (χ1n) is 11.5. The van der Waals surface area contributed by atoms with E-state index in [4.69, 9.17) is 5.73 Å². The van der Waals surface area contributed by atoms with Crippen molar-refractivity contribution in [1.29, 1.82) is 0 Å². The number of pyridine rings is 1. The number of hydrogen-bond donors (Lipinski definition) is 1. The molecular weight excluding hydrogens is 412 g/mol. The van der Waals surface area contributed by atoms with Crippen molar-refractivity contribution in [2.45, 2.75) is 116 Å². The van der Waals surface area contributed by atoms with E-state index in [1.807, 2.05) is 12.4 Å². The van der Waals surface area contributed by atoms with Gasteiger partial charge < -0.3 is 22.7 Å². The van der Waals surface area contributed by atoms with Gasteiger partial charge in [0.1, 0.15) is 6.54 Å². The molecule has 2 N–H and O–H groups in total. The normalized spacial score (nSPS) is 10.6. The van der Waals surface area contributed by atoms with Gasteiger partial charge in [-0.05, 0) is 6.42 Å². The van der Waals surface area contributed by atoms with Crippen LogP contribution in [0.25, 0.3) is 0 Å². The molecule has 0 atom stereocenters. The fraction of sp³-hybridized carbons (Fsp3) is 0.750. The summed E-state index contributed by atoms with van der Waals surface area (Å²) in [5, 5.41) is 0. The zero-order valence-electron chi connectivity index (χ0n) is 18.1. The summed E-state index contributed by atoms with van der Waals surface area (Å²) in [5.41, 5.74) is 5.84. The first-order chi connectivity index (χ1) is 13.2. The number of nitrogens with zero attached hydrogens (tertiary/aromatic N) is 1. The third-order valence-corrected chi connectivity index (χ3v) is 5.45. The summed E-state index contributed by atoms with van der Waals surface area (Å²) in [6, 6.07) is 3.60. The van der Waals surface area contributed by atoms with E-state index >= 15 is 0 Å². The highest BCUT2D eigenvalue weighted by Crippen LogP contribution is 2.13. The Balaban J connectivity index is 0.00000729. The molecule has 0 saturated heterocycles. The lowest BCUT2D eigenvalue weighted by atomic mass is 10.0. The van der Waals surface area contributed by atoms with Crippen LogP contribution in [0.1, 0.15) is 120 Å². The van der Waals surface area contributed by atoms with Crippen LogP contribution in [-0.4, -0.2) is 5.91 Å². The fourth-order valence-electron chi connectivity index (χ4n) is 3.61. The van der Waals surface area contributed by atoms with Gasteiger partial charge in [0.15, 0.2) is 12.4 Å². The highest BCUT2D eigenvalue weighted by atomic mass is 79.9. The maximum absolute atomic E-state index is 11.0. The molecule has 162 valence electrons. The Kier molecular flexibility index (Phi) is 18.8. The lowest BCUT2D eigenvalue weighted by molar-refractivity contribution is -0.697. The van der Waals surface area contributed by atoms with E-state index in [1.54, 1.807) is 12.1 Å². The minimum atomic E-state index is -0.357. The van der Waals surface area contributed by atoms with Gasteiger partial charge in [0.25, 0.3) is 0 Å². The molecule has 0 aliphatic rings. The topological polar surface area (TPSA) is 47.0 Å². The van der Waals surface area contributed by atoms with E-state index in [2.05, 4.69) is 11.5 Å². The van der Waals surface area contributed by atoms with Gasteiger partial charge >= 0.3 is 0 Å². The molecule has 1 aromatic heterocycles. The van der Waals surface area contributed by atoms with Crippen LogP contribution in [0.15, 0.2) is 24.5 Å². The Morgan fingerprint density at radius 1 is 0.714 bits per heavy atom. The number of carbonyl (C=O) groups excluding carboxylic acids is 1. The molecule has 1 rings (SSSR count). The van der Waals surface area contributed by atoms with E-state index in [9.17, 15) is 4.79 Å². The highest BCUT2D eigenvalue weighted by Gasteiger charge is 2.04. The summed E-state index contributed by atoms with van der Waals surface area (Å²) in [6.07, 6.45) is 26.3. The van der Waals surface area contributed by atoms with Crippen LogP contribution in [0, 0.1) is 0 Å². The van der Waals surface area contributed by atoms with Crippen molar-refractivity contribution in [2.75, 3.05) is 0 Å². The number of rotatable bonds is 18. The maximum atomic E-state index is 11.0. The van der Waals surface area contributed by atoms with Crippen LogP contribution >= 0.6 is 0 Å². The summed E-state index contributed by atoms with van der Waals surface area (Å²) in [7, 11) is 0. The van der Waals surface area contributed by atoms with Crippen molar-refractivity contribution in [3.8, 4) is 0 Å². The van der Waals surface area contributed by atoms with E-state index in [0.717, 1.165) is 6.54 Å². The van der Waals surface area contributed by atoms with Gasteiger partial charge in [-0.3, -0.25) is 4.79 Å². The van der Waals surface area contributed by atoms with Gasteiger partial charge in [-0.1, -0.05) is 96.8 Å². The number of unbranched alkanes of at least 4 members (excludes halogenated alkanes) is 15. The Labute approximate surface area is 184 Å². The predicted molar refractivity (Wildman–Crippen MR) is 115 cm³/mol. The van der Waals surface area contributed by atoms with Crippen LogP contribution in [-0.2, 0) is 6.54 Å². The number of amides is 1. The number of hydrogen-bond acceptors (Lipinski definition) is 1. The summed E-state index contributed by atoms with van der Waals surface area (Å²) in [5.74, 6) is -0.357. The van der Waals surface area contributed by atoms with Gasteiger partial charge in [-0.25, -0.2) is 4.57 Å². The lowest BCUT2D eigenvalue weighted by Gasteiger charge is -2.03. The summed E-state index contributed by atoms with van der Waals surface area (Å²) < 4.78 is 2.14. The molecule has 1 amide bonds. The molecule has 0 radical (unpaired) electrons. The quantitative estimate of drug-likeness (QED) is 0.268. The first-order valence-corrected chi connectivity index (χ1v) is 11.5. The Hall–Kier alpha value is -0.900. The van der Waals surface area contributed by atoms with Crippen molar-refractivity contribution < 1.29 is 26.3 Å². The predicted octanol–water partition coefficient (Wildman–Crippen LogP) is 3.34. The molecule has 0 fully saturated rings. The second kappa shape index (κ2) is 19.4.